The summed E-state index contributed by atoms with van der Waals surface area (Å²) in [5.74, 6) is -0.141. The molecule has 0 amide bonds. The Morgan fingerprint density at radius 3 is 1.93 bits per heavy atom. The molecule has 5 N–H and O–H groups in total. The fraction of sp³-hybridized carbons (Fsp3) is 0.919. The van der Waals surface area contributed by atoms with E-state index in [2.05, 4.69) is 6.92 Å². The molecule has 3 aliphatic heterocycles. The first-order valence-corrected chi connectivity index (χ1v) is 18.8. The zero-order valence-corrected chi connectivity index (χ0v) is 28.8. The Morgan fingerprint density at radius 1 is 0.717 bits per heavy atom. The number of hydrogen-bond donors (Lipinski definition) is 5. The van der Waals surface area contributed by atoms with Gasteiger partial charge in [0.1, 0.15) is 12.2 Å². The van der Waals surface area contributed by atoms with Crippen molar-refractivity contribution >= 4 is 5.97 Å². The molecule has 9 heteroatoms. The Labute approximate surface area is 278 Å². The molecule has 9 nitrogen and oxygen atoms in total. The van der Waals surface area contributed by atoms with Crippen molar-refractivity contribution in [2.45, 2.75) is 216 Å². The Hall–Kier alpha value is -1.07. The standard InChI is InChI=1S/C37H66O9/c1-3-4-13-18-28(38)29(39)20-16-21-30(40)33-22-23-34(45-33)35-25-32(42)36(46-35)31(41)19-15-12-10-8-6-5-7-9-11-14-17-27-24-26(2)44-37(27)43/h24,26,28-36,38-42H,3-23,25H2,1-2H3/t26-,28+,29-,30-,31-,32-,33+,34-,35+,36+/m1/s1. The molecule has 0 spiro atoms. The van der Waals surface area contributed by atoms with Gasteiger partial charge in [-0.05, 0) is 70.8 Å². The second-order valence-electron chi connectivity index (χ2n) is 14.3. The Morgan fingerprint density at radius 2 is 1.30 bits per heavy atom. The highest BCUT2D eigenvalue weighted by molar-refractivity contribution is 5.90. The topological polar surface area (TPSA) is 146 Å². The molecule has 3 aliphatic rings. The number of aliphatic hydroxyl groups excluding tert-OH is 5. The molecule has 0 unspecified atom stereocenters. The van der Waals surface area contributed by atoms with Crippen LogP contribution in [0.25, 0.3) is 0 Å². The average Bonchev–Trinajstić information content (AvgIpc) is 3.75. The number of carbonyl (C=O) groups excluding carboxylic acids is 1. The molecule has 0 aromatic carbocycles. The van der Waals surface area contributed by atoms with Crippen molar-refractivity contribution in [3.8, 4) is 0 Å². The van der Waals surface area contributed by atoms with Crippen LogP contribution in [-0.2, 0) is 19.0 Å². The van der Waals surface area contributed by atoms with Crippen LogP contribution in [0, 0.1) is 0 Å². The molecular formula is C37H66O9. The predicted molar refractivity (Wildman–Crippen MR) is 178 cm³/mol. The molecule has 46 heavy (non-hydrogen) atoms. The van der Waals surface area contributed by atoms with Crippen LogP contribution in [0.4, 0.5) is 0 Å². The number of esters is 1. The van der Waals surface area contributed by atoms with E-state index >= 15 is 0 Å². The van der Waals surface area contributed by atoms with Crippen molar-refractivity contribution in [3.63, 3.8) is 0 Å². The quantitative estimate of drug-likeness (QED) is 0.0609. The SMILES string of the molecule is CCCCC[C@H](O)[C@H](O)CCC[C@@H](O)[C@@H]1CC[C@H]([C@@H]2C[C@@H](O)[C@H]([C@H](O)CCCCCCCCCCCCC3=C[C@@H](C)OC3=O)O2)O1. The minimum atomic E-state index is -0.760. The highest BCUT2D eigenvalue weighted by Crippen LogP contribution is 2.35. The largest absolute Gasteiger partial charge is 0.455 e. The molecule has 268 valence electrons. The maximum absolute atomic E-state index is 11.6. The molecule has 0 saturated carbocycles. The molecule has 0 radical (unpaired) electrons. The van der Waals surface area contributed by atoms with Gasteiger partial charge < -0.3 is 39.7 Å². The molecule has 3 rings (SSSR count). The molecule has 3 heterocycles. The number of carbonyl (C=O) groups is 1. The van der Waals surface area contributed by atoms with Gasteiger partial charge in [0.25, 0.3) is 0 Å². The molecular weight excluding hydrogens is 588 g/mol. The van der Waals surface area contributed by atoms with Crippen molar-refractivity contribution in [1.82, 2.24) is 0 Å². The van der Waals surface area contributed by atoms with E-state index in [1.165, 1.54) is 32.1 Å². The minimum Gasteiger partial charge on any atom is -0.455 e. The smallest absolute Gasteiger partial charge is 0.334 e. The molecule has 2 fully saturated rings. The lowest BCUT2D eigenvalue weighted by molar-refractivity contribution is -0.139. The summed E-state index contributed by atoms with van der Waals surface area (Å²) in [6.45, 7) is 4.01. The Balaban J connectivity index is 1.18. The maximum Gasteiger partial charge on any atom is 0.334 e. The first kappa shape index (κ1) is 39.4. The van der Waals surface area contributed by atoms with Crippen molar-refractivity contribution in [1.29, 1.82) is 0 Å². The lowest BCUT2D eigenvalue weighted by Gasteiger charge is -2.24. The molecule has 0 bridgehead atoms. The highest BCUT2D eigenvalue weighted by atomic mass is 16.6. The predicted octanol–water partition coefficient (Wildman–Crippen LogP) is 5.80. The maximum atomic E-state index is 11.6. The van der Waals surface area contributed by atoms with Gasteiger partial charge in [0.05, 0.1) is 48.8 Å². The van der Waals surface area contributed by atoms with E-state index in [4.69, 9.17) is 14.2 Å². The third-order valence-electron chi connectivity index (χ3n) is 10.2. The van der Waals surface area contributed by atoms with Crippen LogP contribution in [-0.4, -0.2) is 92.5 Å². The van der Waals surface area contributed by atoms with Crippen molar-refractivity contribution in [2.75, 3.05) is 0 Å². The van der Waals surface area contributed by atoms with Crippen LogP contribution in [0.5, 0.6) is 0 Å². The second kappa shape index (κ2) is 21.8. The summed E-state index contributed by atoms with van der Waals surface area (Å²) in [5.41, 5.74) is 0.843. The third kappa shape index (κ3) is 13.8. The zero-order chi connectivity index (χ0) is 33.3. The summed E-state index contributed by atoms with van der Waals surface area (Å²) < 4.78 is 17.4. The minimum absolute atomic E-state index is 0.0701. The van der Waals surface area contributed by atoms with E-state index in [0.29, 0.717) is 44.9 Å². The van der Waals surface area contributed by atoms with Gasteiger partial charge in [-0.2, -0.15) is 0 Å². The van der Waals surface area contributed by atoms with Gasteiger partial charge in [0.2, 0.25) is 0 Å². The second-order valence-corrected chi connectivity index (χ2v) is 14.3. The van der Waals surface area contributed by atoms with E-state index in [9.17, 15) is 30.3 Å². The Bertz CT molecular complexity index is 866. The first-order valence-electron chi connectivity index (χ1n) is 18.8. The van der Waals surface area contributed by atoms with Gasteiger partial charge in [0.15, 0.2) is 0 Å². The number of rotatable bonds is 25. The van der Waals surface area contributed by atoms with Gasteiger partial charge in [-0.3, -0.25) is 0 Å². The summed E-state index contributed by atoms with van der Waals surface area (Å²) in [4.78, 5) is 11.6. The summed E-state index contributed by atoms with van der Waals surface area (Å²) in [6.07, 6.45) is 17.0. The van der Waals surface area contributed by atoms with E-state index in [1.54, 1.807) is 0 Å². The summed E-state index contributed by atoms with van der Waals surface area (Å²) in [7, 11) is 0. The van der Waals surface area contributed by atoms with Gasteiger partial charge >= 0.3 is 5.97 Å². The highest BCUT2D eigenvalue weighted by Gasteiger charge is 2.45. The van der Waals surface area contributed by atoms with Crippen LogP contribution < -0.4 is 0 Å². The monoisotopic (exact) mass is 654 g/mol. The fourth-order valence-corrected chi connectivity index (χ4v) is 7.33. The van der Waals surface area contributed by atoms with Crippen LogP contribution in [0.2, 0.25) is 0 Å². The van der Waals surface area contributed by atoms with Gasteiger partial charge in [-0.25, -0.2) is 4.79 Å². The summed E-state index contributed by atoms with van der Waals surface area (Å²) >= 11 is 0. The van der Waals surface area contributed by atoms with Crippen molar-refractivity contribution < 1.29 is 44.5 Å². The molecule has 10 atom stereocenters. The fourth-order valence-electron chi connectivity index (χ4n) is 7.33. The third-order valence-corrected chi connectivity index (χ3v) is 10.2. The van der Waals surface area contributed by atoms with Crippen molar-refractivity contribution in [3.05, 3.63) is 11.6 Å². The normalized spacial score (nSPS) is 29.1. The van der Waals surface area contributed by atoms with E-state index in [1.807, 2.05) is 13.0 Å². The average molecular weight is 655 g/mol. The van der Waals surface area contributed by atoms with E-state index < -0.39 is 36.6 Å². The Kier molecular flexibility index (Phi) is 18.7. The van der Waals surface area contributed by atoms with Gasteiger partial charge in [-0.1, -0.05) is 84.0 Å². The number of cyclic esters (lactones) is 1. The van der Waals surface area contributed by atoms with E-state index in [-0.39, 0.29) is 30.4 Å². The van der Waals surface area contributed by atoms with Gasteiger partial charge in [-0.15, -0.1) is 0 Å². The van der Waals surface area contributed by atoms with Crippen LogP contribution in [0.15, 0.2) is 11.6 Å². The van der Waals surface area contributed by atoms with Crippen LogP contribution in [0.3, 0.4) is 0 Å². The number of unbranched alkanes of at least 4 members (excludes halogenated alkanes) is 11. The molecule has 2 saturated heterocycles. The van der Waals surface area contributed by atoms with E-state index in [0.717, 1.165) is 69.8 Å². The van der Waals surface area contributed by atoms with Crippen molar-refractivity contribution in [2.24, 2.45) is 0 Å². The van der Waals surface area contributed by atoms with Gasteiger partial charge in [0, 0.05) is 12.0 Å². The molecule has 0 aliphatic carbocycles. The molecule has 0 aromatic rings. The zero-order valence-electron chi connectivity index (χ0n) is 28.8. The number of aliphatic hydroxyl groups is 5. The lowest BCUT2D eigenvalue weighted by Crippen LogP contribution is -2.35. The number of ether oxygens (including phenoxy) is 3. The van der Waals surface area contributed by atoms with Crippen LogP contribution in [0.1, 0.15) is 155 Å². The summed E-state index contributed by atoms with van der Waals surface area (Å²) in [6, 6.07) is 0. The van der Waals surface area contributed by atoms with Crippen LogP contribution >= 0.6 is 0 Å². The molecule has 0 aromatic heterocycles. The summed E-state index contributed by atoms with van der Waals surface area (Å²) in [5, 5.41) is 52.4. The lowest BCUT2D eigenvalue weighted by atomic mass is 9.98. The first-order chi connectivity index (χ1) is 22.2. The number of hydrogen-bond acceptors (Lipinski definition) is 9.